The molecule has 146 valence electrons. The van der Waals surface area contributed by atoms with Gasteiger partial charge in [0.2, 0.25) is 12.9 Å². The molecule has 0 N–H and O–H groups in total. The minimum Gasteiger partial charge on any atom is -0.623 e. The van der Waals surface area contributed by atoms with Crippen molar-refractivity contribution in [2.45, 2.75) is 18.6 Å². The quantitative estimate of drug-likeness (QED) is 0.169. The second-order valence-electron chi connectivity index (χ2n) is 8.03. The standard InChI is InChI=1S/C26H20NO2P/c28-27-17-5-10-24(27)30(29,21-8-2-1-3-9-21)23-16-14-20-12-11-18-6-4-7-19-13-15-22(23)26(20)25(18)19/h1-4,6-9,11-17,24H,5,10H2. The Hall–Kier alpha value is -3.16. The topological polar surface area (TPSA) is 43.1 Å². The molecule has 5 aromatic rings. The van der Waals surface area contributed by atoms with Crippen molar-refractivity contribution in [3.05, 3.63) is 90.1 Å². The Bertz CT molecular complexity index is 1470. The zero-order valence-corrected chi connectivity index (χ0v) is 17.3. The van der Waals surface area contributed by atoms with Gasteiger partial charge in [0, 0.05) is 23.5 Å². The second-order valence-corrected chi connectivity index (χ2v) is 10.9. The number of nitrogens with zero attached hydrogens (tertiary/aromatic N) is 1. The van der Waals surface area contributed by atoms with E-state index in [4.69, 9.17) is 0 Å². The molecule has 4 heteroatoms. The molecule has 3 nitrogen and oxygen atoms in total. The first kappa shape index (κ1) is 17.7. The van der Waals surface area contributed by atoms with Crippen LogP contribution in [0.2, 0.25) is 0 Å². The fourth-order valence-electron chi connectivity index (χ4n) is 5.07. The van der Waals surface area contributed by atoms with Crippen LogP contribution in [0.5, 0.6) is 0 Å². The monoisotopic (exact) mass is 409 g/mol. The Morgan fingerprint density at radius 1 is 0.767 bits per heavy atom. The van der Waals surface area contributed by atoms with Crippen molar-refractivity contribution >= 4 is 56.3 Å². The van der Waals surface area contributed by atoms with Gasteiger partial charge in [0.25, 0.3) is 0 Å². The van der Waals surface area contributed by atoms with Gasteiger partial charge in [-0.15, -0.1) is 0 Å². The third kappa shape index (κ3) is 2.33. The van der Waals surface area contributed by atoms with E-state index in [-0.39, 0.29) is 0 Å². The highest BCUT2D eigenvalue weighted by molar-refractivity contribution is 7.79. The second kappa shape index (κ2) is 6.42. The van der Waals surface area contributed by atoms with Gasteiger partial charge in [0.15, 0.2) is 6.21 Å². The number of hydrogen-bond acceptors (Lipinski definition) is 2. The van der Waals surface area contributed by atoms with Gasteiger partial charge in [-0.2, -0.15) is 0 Å². The lowest BCUT2D eigenvalue weighted by atomic mass is 9.94. The van der Waals surface area contributed by atoms with Gasteiger partial charge < -0.3 is 9.77 Å². The van der Waals surface area contributed by atoms with Gasteiger partial charge in [-0.1, -0.05) is 78.9 Å². The molecule has 0 bridgehead atoms. The predicted molar refractivity (Wildman–Crippen MR) is 126 cm³/mol. The molecule has 1 heterocycles. The van der Waals surface area contributed by atoms with E-state index in [0.717, 1.165) is 31.5 Å². The van der Waals surface area contributed by atoms with E-state index in [1.807, 2.05) is 36.4 Å². The molecule has 30 heavy (non-hydrogen) atoms. The van der Waals surface area contributed by atoms with Gasteiger partial charge >= 0.3 is 0 Å². The van der Waals surface area contributed by atoms with Crippen molar-refractivity contribution in [3.63, 3.8) is 0 Å². The van der Waals surface area contributed by atoms with Crippen molar-refractivity contribution < 1.29 is 9.30 Å². The summed E-state index contributed by atoms with van der Waals surface area (Å²) in [5.74, 6) is -0.557. The molecule has 0 aliphatic carbocycles. The fourth-order valence-corrected chi connectivity index (χ4v) is 8.40. The summed E-state index contributed by atoms with van der Waals surface area (Å²) in [4.78, 5) is 0. The molecule has 0 radical (unpaired) electrons. The van der Waals surface area contributed by atoms with E-state index >= 15 is 0 Å². The lowest BCUT2D eigenvalue weighted by Gasteiger charge is -2.26. The van der Waals surface area contributed by atoms with Gasteiger partial charge in [0.1, 0.15) is 0 Å². The molecule has 0 fully saturated rings. The van der Waals surface area contributed by atoms with Crippen LogP contribution in [-0.4, -0.2) is 16.7 Å². The lowest BCUT2D eigenvalue weighted by molar-refractivity contribution is -0.462. The number of rotatable bonds is 3. The lowest BCUT2D eigenvalue weighted by Crippen LogP contribution is -2.30. The van der Waals surface area contributed by atoms with Gasteiger partial charge in [-0.05, 0) is 38.4 Å². The van der Waals surface area contributed by atoms with Crippen molar-refractivity contribution in [1.29, 1.82) is 0 Å². The number of hydrogen-bond donors (Lipinski definition) is 0. The van der Waals surface area contributed by atoms with Crippen molar-refractivity contribution in [3.8, 4) is 0 Å². The van der Waals surface area contributed by atoms with Crippen molar-refractivity contribution in [2.75, 3.05) is 0 Å². The molecular formula is C26H20NO2P. The van der Waals surface area contributed by atoms with Crippen LogP contribution in [0.4, 0.5) is 0 Å². The highest BCUT2D eigenvalue weighted by Gasteiger charge is 2.45. The normalized spacial score (nSPS) is 18.8. The molecule has 1 aliphatic rings. The maximum atomic E-state index is 14.9. The molecule has 1 aliphatic heterocycles. The first-order valence-electron chi connectivity index (χ1n) is 10.3. The SMILES string of the molecule is O=P(c1ccccc1)(c1ccc2ccc3cccc4ccc1c2c34)C1CCC=[N+]1[O-]. The Morgan fingerprint density at radius 2 is 1.43 bits per heavy atom. The smallest absolute Gasteiger partial charge is 0.221 e. The molecule has 5 aromatic carbocycles. The van der Waals surface area contributed by atoms with Crippen LogP contribution in [0, 0.1) is 5.21 Å². The van der Waals surface area contributed by atoms with Crippen molar-refractivity contribution in [1.82, 2.24) is 0 Å². The predicted octanol–water partition coefficient (Wildman–Crippen LogP) is 5.60. The van der Waals surface area contributed by atoms with Crippen LogP contribution in [0.15, 0.2) is 84.9 Å². The molecule has 0 aromatic heterocycles. The summed E-state index contributed by atoms with van der Waals surface area (Å²) in [7, 11) is -3.20. The van der Waals surface area contributed by atoms with Crippen LogP contribution >= 0.6 is 7.14 Å². The van der Waals surface area contributed by atoms with Crippen LogP contribution in [0.25, 0.3) is 32.3 Å². The molecule has 0 amide bonds. The summed E-state index contributed by atoms with van der Waals surface area (Å²) in [5, 5.41) is 21.1. The molecule has 0 saturated heterocycles. The van der Waals surface area contributed by atoms with Crippen LogP contribution in [0.3, 0.4) is 0 Å². The third-order valence-corrected chi connectivity index (χ3v) is 9.95. The maximum absolute atomic E-state index is 14.9. The molecule has 6 rings (SSSR count). The molecule has 2 atom stereocenters. The van der Waals surface area contributed by atoms with E-state index in [1.165, 1.54) is 16.2 Å². The first-order chi connectivity index (χ1) is 14.7. The molecule has 0 spiro atoms. The summed E-state index contributed by atoms with van der Waals surface area (Å²) in [6.07, 6.45) is 2.91. The molecule has 0 saturated carbocycles. The van der Waals surface area contributed by atoms with E-state index in [2.05, 4.69) is 48.5 Å². The van der Waals surface area contributed by atoms with E-state index in [9.17, 15) is 9.77 Å². The van der Waals surface area contributed by atoms with Gasteiger partial charge in [0.05, 0.1) is 0 Å². The summed E-state index contributed by atoms with van der Waals surface area (Å²) in [5.41, 5.74) is 0. The van der Waals surface area contributed by atoms with Crippen molar-refractivity contribution in [2.24, 2.45) is 0 Å². The number of hydroxylamine groups is 1. The molecular weight excluding hydrogens is 389 g/mol. The minimum atomic E-state index is -3.20. The fraction of sp³-hybridized carbons (Fsp3) is 0.115. The van der Waals surface area contributed by atoms with E-state index in [0.29, 0.717) is 12.8 Å². The van der Waals surface area contributed by atoms with E-state index < -0.39 is 12.9 Å². The molecule has 2 unspecified atom stereocenters. The van der Waals surface area contributed by atoms with Crippen LogP contribution in [0.1, 0.15) is 12.8 Å². The summed E-state index contributed by atoms with van der Waals surface area (Å²) >= 11 is 0. The summed E-state index contributed by atoms with van der Waals surface area (Å²) in [6.45, 7) is 0. The summed E-state index contributed by atoms with van der Waals surface area (Å²) < 4.78 is 15.9. The minimum absolute atomic E-state index is 0.557. The third-order valence-electron chi connectivity index (χ3n) is 6.45. The zero-order chi connectivity index (χ0) is 20.3. The first-order valence-corrected chi connectivity index (χ1v) is 12.1. The van der Waals surface area contributed by atoms with Crippen LogP contribution in [-0.2, 0) is 4.57 Å². The Morgan fingerprint density at radius 3 is 2.13 bits per heavy atom. The zero-order valence-electron chi connectivity index (χ0n) is 16.4. The Labute approximate surface area is 174 Å². The summed E-state index contributed by atoms with van der Waals surface area (Å²) in [6, 6.07) is 28.4. The maximum Gasteiger partial charge on any atom is 0.221 e. The largest absolute Gasteiger partial charge is 0.623 e. The number of benzene rings is 5. The van der Waals surface area contributed by atoms with Gasteiger partial charge in [-0.25, -0.2) is 4.74 Å². The average molecular weight is 409 g/mol. The Balaban J connectivity index is 1.75. The average Bonchev–Trinajstić information content (AvgIpc) is 3.24. The highest BCUT2D eigenvalue weighted by atomic mass is 31.2. The van der Waals surface area contributed by atoms with E-state index in [1.54, 1.807) is 6.21 Å². The Kier molecular flexibility index (Phi) is 3.78. The van der Waals surface area contributed by atoms with Gasteiger partial charge in [-0.3, -0.25) is 0 Å². The van der Waals surface area contributed by atoms with Crippen LogP contribution < -0.4 is 10.6 Å². The highest BCUT2D eigenvalue weighted by Crippen LogP contribution is 2.53.